The molecule has 1 heterocycles. The molecule has 0 aliphatic carbocycles. The second-order valence-electron chi connectivity index (χ2n) is 3.41. The van der Waals surface area contributed by atoms with Crippen molar-refractivity contribution in [2.75, 3.05) is 11.6 Å². The lowest BCUT2D eigenvalue weighted by atomic mass is 10.2. The molecule has 0 spiro atoms. The first-order valence-corrected chi connectivity index (χ1v) is 6.36. The van der Waals surface area contributed by atoms with Gasteiger partial charge in [-0.2, -0.15) is 0 Å². The molecule has 17 heavy (non-hydrogen) atoms. The molecule has 0 fully saturated rings. The molecule has 5 heteroatoms. The van der Waals surface area contributed by atoms with E-state index in [0.29, 0.717) is 6.54 Å². The van der Waals surface area contributed by atoms with Crippen LogP contribution in [-0.4, -0.2) is 16.2 Å². The molecule has 88 valence electrons. The van der Waals surface area contributed by atoms with Gasteiger partial charge in [0.2, 0.25) is 0 Å². The maximum atomic E-state index is 12.7. The van der Waals surface area contributed by atoms with Crippen LogP contribution in [-0.2, 0) is 6.54 Å². The zero-order valence-electron chi connectivity index (χ0n) is 9.35. The highest BCUT2D eigenvalue weighted by molar-refractivity contribution is 7.98. The van der Waals surface area contributed by atoms with E-state index in [4.69, 9.17) is 0 Å². The lowest BCUT2D eigenvalue weighted by molar-refractivity contribution is 0.627. The predicted octanol–water partition coefficient (Wildman–Crippen LogP) is 2.95. The first-order valence-electron chi connectivity index (χ1n) is 5.13. The number of nitrogens with one attached hydrogen (secondary N) is 1. The number of aromatic nitrogens is 2. The average Bonchev–Trinajstić information content (AvgIpc) is 2.38. The molecule has 0 atom stereocenters. The Balaban J connectivity index is 1.99. The van der Waals surface area contributed by atoms with E-state index >= 15 is 0 Å². The number of thioether (sulfide) groups is 1. The first-order chi connectivity index (χ1) is 8.28. The zero-order chi connectivity index (χ0) is 12.1. The minimum Gasteiger partial charge on any atom is -0.366 e. The van der Waals surface area contributed by atoms with Gasteiger partial charge < -0.3 is 5.32 Å². The maximum absolute atomic E-state index is 12.7. The molecule has 3 nitrogen and oxygen atoms in total. The molecule has 0 aliphatic rings. The number of rotatable bonds is 4. The molecule has 0 unspecified atom stereocenters. The fourth-order valence-corrected chi connectivity index (χ4v) is 1.69. The minimum absolute atomic E-state index is 0.222. The second kappa shape index (κ2) is 5.63. The average molecular weight is 249 g/mol. The summed E-state index contributed by atoms with van der Waals surface area (Å²) < 4.78 is 12.7. The molecule has 1 aromatic carbocycles. The monoisotopic (exact) mass is 249 g/mol. The fraction of sp³-hybridized carbons (Fsp3) is 0.167. The molecule has 0 bridgehead atoms. The lowest BCUT2D eigenvalue weighted by Crippen LogP contribution is -2.02. The summed E-state index contributed by atoms with van der Waals surface area (Å²) in [5.41, 5.74) is 1.01. The summed E-state index contributed by atoms with van der Waals surface area (Å²) in [6.45, 7) is 0.616. The van der Waals surface area contributed by atoms with Gasteiger partial charge in [-0.25, -0.2) is 14.4 Å². The zero-order valence-corrected chi connectivity index (χ0v) is 10.2. The normalized spacial score (nSPS) is 10.2. The number of hydrogen-bond donors (Lipinski definition) is 1. The molecular weight excluding hydrogens is 237 g/mol. The second-order valence-corrected chi connectivity index (χ2v) is 4.18. The van der Waals surface area contributed by atoms with Gasteiger partial charge in [-0.15, -0.1) is 0 Å². The number of hydrogen-bond acceptors (Lipinski definition) is 4. The topological polar surface area (TPSA) is 37.8 Å². The van der Waals surface area contributed by atoms with Crippen LogP contribution in [0.4, 0.5) is 10.2 Å². The summed E-state index contributed by atoms with van der Waals surface area (Å²) >= 11 is 1.49. The Morgan fingerprint density at radius 2 is 2.00 bits per heavy atom. The van der Waals surface area contributed by atoms with Gasteiger partial charge in [0.15, 0.2) is 5.16 Å². The molecule has 2 rings (SSSR count). The van der Waals surface area contributed by atoms with E-state index < -0.39 is 0 Å². The smallest absolute Gasteiger partial charge is 0.189 e. The fourth-order valence-electron chi connectivity index (χ4n) is 1.33. The van der Waals surface area contributed by atoms with E-state index in [1.165, 1.54) is 23.9 Å². The molecule has 1 aromatic heterocycles. The SMILES string of the molecule is CSc1nccc(NCc2ccc(F)cc2)n1. The summed E-state index contributed by atoms with van der Waals surface area (Å²) in [7, 11) is 0. The van der Waals surface area contributed by atoms with Gasteiger partial charge in [0.1, 0.15) is 11.6 Å². The van der Waals surface area contributed by atoms with Gasteiger partial charge in [0.05, 0.1) is 0 Å². The summed E-state index contributed by atoms with van der Waals surface area (Å²) in [5.74, 6) is 0.550. The van der Waals surface area contributed by atoms with Gasteiger partial charge in [-0.05, 0) is 30.0 Å². The molecule has 0 aliphatic heterocycles. The summed E-state index contributed by atoms with van der Waals surface area (Å²) in [5, 5.41) is 3.90. The Kier molecular flexibility index (Phi) is 3.93. The van der Waals surface area contributed by atoms with Crippen molar-refractivity contribution in [3.8, 4) is 0 Å². The summed E-state index contributed by atoms with van der Waals surface area (Å²) in [6, 6.07) is 8.20. The van der Waals surface area contributed by atoms with Crippen LogP contribution in [0.25, 0.3) is 0 Å². The third-order valence-electron chi connectivity index (χ3n) is 2.20. The maximum Gasteiger partial charge on any atom is 0.189 e. The van der Waals surface area contributed by atoms with Gasteiger partial charge in [-0.3, -0.25) is 0 Å². The van der Waals surface area contributed by atoms with Crippen LogP contribution in [0.3, 0.4) is 0 Å². The van der Waals surface area contributed by atoms with E-state index in [9.17, 15) is 4.39 Å². The molecule has 2 aromatic rings. The summed E-state index contributed by atoms with van der Waals surface area (Å²) in [6.07, 6.45) is 3.64. The van der Waals surface area contributed by atoms with E-state index in [0.717, 1.165) is 16.5 Å². The quantitative estimate of drug-likeness (QED) is 0.668. The summed E-state index contributed by atoms with van der Waals surface area (Å²) in [4.78, 5) is 8.38. The largest absolute Gasteiger partial charge is 0.366 e. The van der Waals surface area contributed by atoms with Crippen molar-refractivity contribution >= 4 is 17.6 Å². The number of nitrogens with zero attached hydrogens (tertiary/aromatic N) is 2. The van der Waals surface area contributed by atoms with Gasteiger partial charge in [0.25, 0.3) is 0 Å². The number of benzene rings is 1. The standard InChI is InChI=1S/C12H12FN3S/c1-17-12-14-7-6-11(16-12)15-8-9-2-4-10(13)5-3-9/h2-7H,8H2,1H3,(H,14,15,16). The van der Waals surface area contributed by atoms with E-state index in [-0.39, 0.29) is 5.82 Å². The Hall–Kier alpha value is -1.62. The Morgan fingerprint density at radius 1 is 1.24 bits per heavy atom. The van der Waals surface area contributed by atoms with Crippen LogP contribution in [0.1, 0.15) is 5.56 Å². The number of anilines is 1. The molecule has 0 saturated heterocycles. The Bertz CT molecular complexity index is 487. The van der Waals surface area contributed by atoms with Crippen LogP contribution in [0, 0.1) is 5.82 Å². The van der Waals surface area contributed by atoms with E-state index in [1.54, 1.807) is 18.3 Å². The van der Waals surface area contributed by atoms with Crippen LogP contribution in [0.15, 0.2) is 41.7 Å². The molecule has 0 radical (unpaired) electrons. The minimum atomic E-state index is -0.222. The highest BCUT2D eigenvalue weighted by atomic mass is 32.2. The Morgan fingerprint density at radius 3 is 2.71 bits per heavy atom. The van der Waals surface area contributed by atoms with Gasteiger partial charge in [-0.1, -0.05) is 23.9 Å². The highest BCUT2D eigenvalue weighted by Crippen LogP contribution is 2.12. The van der Waals surface area contributed by atoms with Gasteiger partial charge >= 0.3 is 0 Å². The highest BCUT2D eigenvalue weighted by Gasteiger charge is 1.98. The van der Waals surface area contributed by atoms with Crippen LogP contribution in [0.5, 0.6) is 0 Å². The van der Waals surface area contributed by atoms with Crippen molar-refractivity contribution in [1.82, 2.24) is 9.97 Å². The molecule has 0 saturated carbocycles. The molecule has 1 N–H and O–H groups in total. The van der Waals surface area contributed by atoms with Crippen LogP contribution in [0.2, 0.25) is 0 Å². The number of halogens is 1. The van der Waals surface area contributed by atoms with E-state index in [1.807, 2.05) is 12.3 Å². The van der Waals surface area contributed by atoms with E-state index in [2.05, 4.69) is 15.3 Å². The van der Waals surface area contributed by atoms with Crippen molar-refractivity contribution in [1.29, 1.82) is 0 Å². The Labute approximate surface area is 103 Å². The van der Waals surface area contributed by atoms with Crippen molar-refractivity contribution in [2.45, 2.75) is 11.7 Å². The first kappa shape index (κ1) is 11.9. The third-order valence-corrected chi connectivity index (χ3v) is 2.76. The van der Waals surface area contributed by atoms with Gasteiger partial charge in [0, 0.05) is 12.7 Å². The molecular formula is C12H12FN3S. The van der Waals surface area contributed by atoms with Crippen molar-refractivity contribution in [3.05, 3.63) is 47.9 Å². The molecule has 0 amide bonds. The van der Waals surface area contributed by atoms with Crippen molar-refractivity contribution in [2.24, 2.45) is 0 Å². The predicted molar refractivity (Wildman–Crippen MR) is 67.5 cm³/mol. The third kappa shape index (κ3) is 3.42. The van der Waals surface area contributed by atoms with Crippen LogP contribution >= 0.6 is 11.8 Å². The van der Waals surface area contributed by atoms with Crippen molar-refractivity contribution < 1.29 is 4.39 Å². The van der Waals surface area contributed by atoms with Crippen LogP contribution < -0.4 is 5.32 Å². The lowest BCUT2D eigenvalue weighted by Gasteiger charge is -2.06. The van der Waals surface area contributed by atoms with Crippen molar-refractivity contribution in [3.63, 3.8) is 0 Å².